The van der Waals surface area contributed by atoms with Gasteiger partial charge in [-0.3, -0.25) is 14.5 Å². The molecule has 1 atom stereocenters. The number of piperidine rings is 2. The summed E-state index contributed by atoms with van der Waals surface area (Å²) in [4.78, 5) is 27.9. The molecule has 2 fully saturated rings. The van der Waals surface area contributed by atoms with E-state index in [-0.39, 0.29) is 11.8 Å². The summed E-state index contributed by atoms with van der Waals surface area (Å²) in [5.74, 6) is 0.769. The Balaban J connectivity index is 1.81. The van der Waals surface area contributed by atoms with Crippen LogP contribution in [0.1, 0.15) is 39.0 Å². The normalized spacial score (nSPS) is 26.4. The summed E-state index contributed by atoms with van der Waals surface area (Å²) in [5.41, 5.74) is 0. The van der Waals surface area contributed by atoms with Crippen LogP contribution in [0.5, 0.6) is 0 Å². The molecule has 0 bridgehead atoms. The molecule has 2 aliphatic rings. The SMILES string of the molecule is CCC1CN(CC(=O)N2CCCCC2)CCC1=O. The Kier molecular flexibility index (Phi) is 4.75. The predicted octanol–water partition coefficient (Wildman–Crippen LogP) is 1.30. The number of Topliss-reactive ketones (excluding diaryl/α,β-unsaturated/α-hetero) is 1. The van der Waals surface area contributed by atoms with Crippen molar-refractivity contribution in [2.24, 2.45) is 5.92 Å². The van der Waals surface area contributed by atoms with Crippen LogP contribution in [0.25, 0.3) is 0 Å². The third kappa shape index (κ3) is 3.31. The summed E-state index contributed by atoms with van der Waals surface area (Å²) < 4.78 is 0. The van der Waals surface area contributed by atoms with Gasteiger partial charge in [-0.05, 0) is 25.7 Å². The average Bonchev–Trinajstić information content (AvgIpc) is 2.42. The van der Waals surface area contributed by atoms with Crippen molar-refractivity contribution in [2.75, 3.05) is 32.7 Å². The molecule has 2 aliphatic heterocycles. The van der Waals surface area contributed by atoms with E-state index in [1.165, 1.54) is 6.42 Å². The standard InChI is InChI=1S/C14H24N2O2/c1-2-12-10-15(9-6-13(12)17)11-14(18)16-7-4-3-5-8-16/h12H,2-11H2,1H3. The van der Waals surface area contributed by atoms with E-state index in [0.29, 0.717) is 18.7 Å². The third-order valence-electron chi connectivity index (χ3n) is 4.17. The minimum atomic E-state index is 0.146. The van der Waals surface area contributed by atoms with Crippen molar-refractivity contribution >= 4 is 11.7 Å². The van der Waals surface area contributed by atoms with Gasteiger partial charge in [0, 0.05) is 38.5 Å². The fourth-order valence-corrected chi connectivity index (χ4v) is 2.91. The lowest BCUT2D eigenvalue weighted by Gasteiger charge is -2.33. The lowest BCUT2D eigenvalue weighted by atomic mass is 9.94. The molecule has 102 valence electrons. The van der Waals surface area contributed by atoms with Gasteiger partial charge in [-0.1, -0.05) is 6.92 Å². The summed E-state index contributed by atoms with van der Waals surface area (Å²) in [6.07, 6.45) is 5.04. The number of hydrogen-bond acceptors (Lipinski definition) is 3. The second kappa shape index (κ2) is 6.32. The summed E-state index contributed by atoms with van der Waals surface area (Å²) in [5, 5.41) is 0. The highest BCUT2D eigenvalue weighted by atomic mass is 16.2. The van der Waals surface area contributed by atoms with E-state index >= 15 is 0 Å². The van der Waals surface area contributed by atoms with Gasteiger partial charge in [0.2, 0.25) is 5.91 Å². The van der Waals surface area contributed by atoms with Crippen molar-refractivity contribution in [1.29, 1.82) is 0 Å². The first-order valence-corrected chi connectivity index (χ1v) is 7.23. The van der Waals surface area contributed by atoms with Gasteiger partial charge in [0.15, 0.2) is 0 Å². The molecular formula is C14H24N2O2. The minimum Gasteiger partial charge on any atom is -0.342 e. The molecule has 0 spiro atoms. The number of ketones is 1. The van der Waals surface area contributed by atoms with Gasteiger partial charge in [-0.25, -0.2) is 0 Å². The molecule has 2 heterocycles. The fourth-order valence-electron chi connectivity index (χ4n) is 2.91. The smallest absolute Gasteiger partial charge is 0.236 e. The topological polar surface area (TPSA) is 40.6 Å². The first-order chi connectivity index (χ1) is 8.70. The van der Waals surface area contributed by atoms with E-state index in [9.17, 15) is 9.59 Å². The molecule has 0 aromatic rings. The Morgan fingerprint density at radius 1 is 1.22 bits per heavy atom. The van der Waals surface area contributed by atoms with Crippen LogP contribution in [-0.2, 0) is 9.59 Å². The van der Waals surface area contributed by atoms with Crippen molar-refractivity contribution in [3.05, 3.63) is 0 Å². The van der Waals surface area contributed by atoms with E-state index in [0.717, 1.165) is 45.4 Å². The summed E-state index contributed by atoms with van der Waals surface area (Å²) in [6, 6.07) is 0. The lowest BCUT2D eigenvalue weighted by molar-refractivity contribution is -0.136. The Hall–Kier alpha value is -0.900. The maximum Gasteiger partial charge on any atom is 0.236 e. The monoisotopic (exact) mass is 252 g/mol. The lowest BCUT2D eigenvalue weighted by Crippen LogP contribution is -2.47. The number of carbonyl (C=O) groups is 2. The van der Waals surface area contributed by atoms with Crippen LogP contribution in [0, 0.1) is 5.92 Å². The van der Waals surface area contributed by atoms with Crippen molar-refractivity contribution in [3.63, 3.8) is 0 Å². The first kappa shape index (κ1) is 13.5. The molecule has 0 aliphatic carbocycles. The zero-order valence-corrected chi connectivity index (χ0v) is 11.4. The Labute approximate surface area is 109 Å². The van der Waals surface area contributed by atoms with Gasteiger partial charge < -0.3 is 4.90 Å². The molecule has 18 heavy (non-hydrogen) atoms. The zero-order chi connectivity index (χ0) is 13.0. The van der Waals surface area contributed by atoms with Crippen LogP contribution in [0.15, 0.2) is 0 Å². The minimum absolute atomic E-state index is 0.146. The summed E-state index contributed by atoms with van der Waals surface area (Å²) in [7, 11) is 0. The highest BCUT2D eigenvalue weighted by Crippen LogP contribution is 2.16. The largest absolute Gasteiger partial charge is 0.342 e. The van der Waals surface area contributed by atoms with Crippen LogP contribution >= 0.6 is 0 Å². The van der Waals surface area contributed by atoms with Crippen molar-refractivity contribution < 1.29 is 9.59 Å². The summed E-state index contributed by atoms with van der Waals surface area (Å²) >= 11 is 0. The van der Waals surface area contributed by atoms with Gasteiger partial charge in [-0.15, -0.1) is 0 Å². The van der Waals surface area contributed by atoms with E-state index in [2.05, 4.69) is 11.8 Å². The number of carbonyl (C=O) groups excluding carboxylic acids is 2. The number of nitrogens with zero attached hydrogens (tertiary/aromatic N) is 2. The van der Waals surface area contributed by atoms with Crippen molar-refractivity contribution in [3.8, 4) is 0 Å². The molecule has 0 aromatic heterocycles. The van der Waals surface area contributed by atoms with E-state index in [4.69, 9.17) is 0 Å². The second-order valence-corrected chi connectivity index (χ2v) is 5.50. The fraction of sp³-hybridized carbons (Fsp3) is 0.857. The van der Waals surface area contributed by atoms with Crippen molar-refractivity contribution in [1.82, 2.24) is 9.80 Å². The van der Waals surface area contributed by atoms with Crippen molar-refractivity contribution in [2.45, 2.75) is 39.0 Å². The first-order valence-electron chi connectivity index (χ1n) is 7.23. The van der Waals surface area contributed by atoms with E-state index in [1.54, 1.807) is 0 Å². The highest BCUT2D eigenvalue weighted by Gasteiger charge is 2.28. The van der Waals surface area contributed by atoms with Crippen LogP contribution in [0.3, 0.4) is 0 Å². The van der Waals surface area contributed by atoms with E-state index in [1.807, 2.05) is 4.90 Å². The molecular weight excluding hydrogens is 228 g/mol. The van der Waals surface area contributed by atoms with Gasteiger partial charge in [-0.2, -0.15) is 0 Å². The number of likely N-dealkylation sites (tertiary alicyclic amines) is 2. The van der Waals surface area contributed by atoms with Gasteiger partial charge in [0.05, 0.1) is 6.54 Å². The molecule has 4 nitrogen and oxygen atoms in total. The van der Waals surface area contributed by atoms with Crippen LogP contribution in [-0.4, -0.2) is 54.2 Å². The second-order valence-electron chi connectivity index (χ2n) is 5.50. The predicted molar refractivity (Wildman–Crippen MR) is 70.3 cm³/mol. The maximum atomic E-state index is 12.1. The quantitative estimate of drug-likeness (QED) is 0.760. The number of hydrogen-bond donors (Lipinski definition) is 0. The highest BCUT2D eigenvalue weighted by molar-refractivity contribution is 5.83. The molecule has 4 heteroatoms. The van der Waals surface area contributed by atoms with Gasteiger partial charge in [0.1, 0.15) is 5.78 Å². The summed E-state index contributed by atoms with van der Waals surface area (Å²) in [6.45, 7) is 5.93. The Morgan fingerprint density at radius 3 is 2.61 bits per heavy atom. The molecule has 1 amide bonds. The average molecular weight is 252 g/mol. The molecule has 1 unspecified atom stereocenters. The number of amides is 1. The molecule has 0 aromatic carbocycles. The van der Waals surface area contributed by atoms with Crippen LogP contribution < -0.4 is 0 Å². The van der Waals surface area contributed by atoms with Gasteiger partial charge >= 0.3 is 0 Å². The molecule has 2 rings (SSSR count). The van der Waals surface area contributed by atoms with E-state index < -0.39 is 0 Å². The maximum absolute atomic E-state index is 12.1. The van der Waals surface area contributed by atoms with Crippen LogP contribution in [0.4, 0.5) is 0 Å². The Bertz CT molecular complexity index is 311. The number of rotatable bonds is 3. The Morgan fingerprint density at radius 2 is 1.94 bits per heavy atom. The van der Waals surface area contributed by atoms with Gasteiger partial charge in [0.25, 0.3) is 0 Å². The molecule has 0 saturated carbocycles. The molecule has 0 N–H and O–H groups in total. The van der Waals surface area contributed by atoms with Crippen LogP contribution in [0.2, 0.25) is 0 Å². The third-order valence-corrected chi connectivity index (χ3v) is 4.17. The molecule has 0 radical (unpaired) electrons. The molecule has 2 saturated heterocycles. The zero-order valence-electron chi connectivity index (χ0n) is 11.4.